The lowest BCUT2D eigenvalue weighted by atomic mass is 10.1. The van der Waals surface area contributed by atoms with E-state index in [1.54, 1.807) is 0 Å². The van der Waals surface area contributed by atoms with Crippen molar-refractivity contribution >= 4 is 11.9 Å². The summed E-state index contributed by atoms with van der Waals surface area (Å²) in [6, 6.07) is 9.54. The maximum absolute atomic E-state index is 10.8. The van der Waals surface area contributed by atoms with Crippen LogP contribution in [0, 0.1) is 13.8 Å². The number of hydrogen-bond donors (Lipinski definition) is 0. The van der Waals surface area contributed by atoms with Gasteiger partial charge in [-0.3, -0.25) is 4.79 Å². The van der Waals surface area contributed by atoms with Gasteiger partial charge in [0.1, 0.15) is 24.3 Å². The number of aldehydes is 1. The van der Waals surface area contributed by atoms with Crippen LogP contribution in [0.5, 0.6) is 5.75 Å². The molecule has 0 spiro atoms. The molecule has 2 aromatic heterocycles. The molecular formula is C17H16N2O2. The van der Waals surface area contributed by atoms with Crippen LogP contribution >= 0.6 is 0 Å². The Morgan fingerprint density at radius 2 is 2.00 bits per heavy atom. The van der Waals surface area contributed by atoms with Crippen molar-refractivity contribution in [2.75, 3.05) is 0 Å². The summed E-state index contributed by atoms with van der Waals surface area (Å²) < 4.78 is 7.86. The molecule has 0 atom stereocenters. The van der Waals surface area contributed by atoms with Crippen molar-refractivity contribution in [1.82, 2.24) is 9.38 Å². The summed E-state index contributed by atoms with van der Waals surface area (Å²) >= 11 is 0. The number of pyridine rings is 1. The van der Waals surface area contributed by atoms with Gasteiger partial charge in [-0.15, -0.1) is 0 Å². The van der Waals surface area contributed by atoms with Gasteiger partial charge in [-0.05, 0) is 49.2 Å². The smallest absolute Gasteiger partial charge is 0.150 e. The van der Waals surface area contributed by atoms with Gasteiger partial charge in [0.15, 0.2) is 0 Å². The number of carbonyl (C=O) groups excluding carboxylic acids is 1. The molecule has 0 aliphatic rings. The lowest BCUT2D eigenvalue weighted by Crippen LogP contribution is -2.00. The molecule has 0 saturated carbocycles. The monoisotopic (exact) mass is 280 g/mol. The SMILES string of the molecule is Cc1cc(C=O)cc(C)c1OCc1cn2ccccc2n1. The third-order valence-corrected chi connectivity index (χ3v) is 3.40. The number of ether oxygens (including phenoxy) is 1. The summed E-state index contributed by atoms with van der Waals surface area (Å²) in [5.74, 6) is 0.817. The number of rotatable bonds is 4. The minimum Gasteiger partial charge on any atom is -0.487 e. The van der Waals surface area contributed by atoms with E-state index >= 15 is 0 Å². The van der Waals surface area contributed by atoms with E-state index in [1.165, 1.54) is 0 Å². The molecule has 106 valence electrons. The van der Waals surface area contributed by atoms with Gasteiger partial charge >= 0.3 is 0 Å². The van der Waals surface area contributed by atoms with E-state index < -0.39 is 0 Å². The number of imidazole rings is 1. The Balaban J connectivity index is 1.82. The molecule has 0 radical (unpaired) electrons. The first-order valence-electron chi connectivity index (χ1n) is 6.79. The molecule has 0 aliphatic heterocycles. The lowest BCUT2D eigenvalue weighted by Gasteiger charge is -2.11. The molecule has 1 aromatic carbocycles. The molecule has 21 heavy (non-hydrogen) atoms. The molecule has 2 heterocycles. The third kappa shape index (κ3) is 2.65. The standard InChI is InChI=1S/C17H16N2O2/c1-12-7-14(10-20)8-13(2)17(12)21-11-15-9-19-6-4-3-5-16(19)18-15/h3-10H,11H2,1-2H3. The van der Waals surface area contributed by atoms with Crippen molar-refractivity contribution in [3.63, 3.8) is 0 Å². The number of nitrogens with zero attached hydrogens (tertiary/aromatic N) is 2. The molecule has 4 nitrogen and oxygen atoms in total. The highest BCUT2D eigenvalue weighted by atomic mass is 16.5. The highest BCUT2D eigenvalue weighted by Crippen LogP contribution is 2.25. The van der Waals surface area contributed by atoms with Gasteiger partial charge < -0.3 is 9.14 Å². The molecule has 3 aromatic rings. The number of aryl methyl sites for hydroxylation is 2. The number of hydrogen-bond acceptors (Lipinski definition) is 3. The summed E-state index contributed by atoms with van der Waals surface area (Å²) in [4.78, 5) is 15.4. The molecule has 0 unspecified atom stereocenters. The second-order valence-corrected chi connectivity index (χ2v) is 5.09. The van der Waals surface area contributed by atoms with Crippen LogP contribution in [0.2, 0.25) is 0 Å². The third-order valence-electron chi connectivity index (χ3n) is 3.40. The van der Waals surface area contributed by atoms with E-state index in [1.807, 2.05) is 61.0 Å². The van der Waals surface area contributed by atoms with Gasteiger partial charge in [0.05, 0.1) is 5.69 Å². The highest BCUT2D eigenvalue weighted by molar-refractivity contribution is 5.76. The highest BCUT2D eigenvalue weighted by Gasteiger charge is 2.08. The summed E-state index contributed by atoms with van der Waals surface area (Å²) in [6.07, 6.45) is 4.77. The van der Waals surface area contributed by atoms with Crippen LogP contribution in [-0.4, -0.2) is 15.7 Å². The molecule has 0 bridgehead atoms. The van der Waals surface area contributed by atoms with Crippen LogP contribution in [0.4, 0.5) is 0 Å². The van der Waals surface area contributed by atoms with Crippen molar-refractivity contribution in [3.05, 3.63) is 65.1 Å². The Bertz CT molecular complexity index is 749. The van der Waals surface area contributed by atoms with Gasteiger partial charge in [0.2, 0.25) is 0 Å². The molecule has 0 fully saturated rings. The number of aromatic nitrogens is 2. The number of fused-ring (bicyclic) bond motifs is 1. The topological polar surface area (TPSA) is 43.6 Å². The Morgan fingerprint density at radius 1 is 1.24 bits per heavy atom. The largest absolute Gasteiger partial charge is 0.487 e. The Morgan fingerprint density at radius 3 is 2.67 bits per heavy atom. The zero-order valence-corrected chi connectivity index (χ0v) is 12.0. The zero-order chi connectivity index (χ0) is 14.8. The van der Waals surface area contributed by atoms with Crippen LogP contribution in [-0.2, 0) is 6.61 Å². The fraction of sp³-hybridized carbons (Fsp3) is 0.176. The van der Waals surface area contributed by atoms with E-state index in [9.17, 15) is 4.79 Å². The fourth-order valence-corrected chi connectivity index (χ4v) is 2.48. The average Bonchev–Trinajstić information content (AvgIpc) is 2.88. The van der Waals surface area contributed by atoms with Gasteiger partial charge in [0, 0.05) is 18.0 Å². The Hall–Kier alpha value is -2.62. The van der Waals surface area contributed by atoms with Crippen molar-refractivity contribution in [2.24, 2.45) is 0 Å². The molecule has 4 heteroatoms. The predicted octanol–water partition coefficient (Wildman–Crippen LogP) is 3.34. The molecule has 0 amide bonds. The summed E-state index contributed by atoms with van der Waals surface area (Å²) in [6.45, 7) is 4.29. The minimum absolute atomic E-state index is 0.407. The van der Waals surface area contributed by atoms with E-state index in [0.29, 0.717) is 12.2 Å². The fourth-order valence-electron chi connectivity index (χ4n) is 2.48. The van der Waals surface area contributed by atoms with Gasteiger partial charge in [-0.25, -0.2) is 4.98 Å². The zero-order valence-electron chi connectivity index (χ0n) is 12.0. The number of benzene rings is 1. The van der Waals surface area contributed by atoms with Crippen molar-refractivity contribution in [3.8, 4) is 5.75 Å². The first kappa shape index (κ1) is 13.4. The average molecular weight is 280 g/mol. The first-order chi connectivity index (χ1) is 10.2. The first-order valence-corrected chi connectivity index (χ1v) is 6.79. The van der Waals surface area contributed by atoms with E-state index in [0.717, 1.165) is 34.5 Å². The van der Waals surface area contributed by atoms with Crippen molar-refractivity contribution in [2.45, 2.75) is 20.5 Å². The molecular weight excluding hydrogens is 264 g/mol. The van der Waals surface area contributed by atoms with E-state index in [4.69, 9.17) is 4.74 Å². The van der Waals surface area contributed by atoms with Crippen LogP contribution < -0.4 is 4.74 Å². The van der Waals surface area contributed by atoms with E-state index in [-0.39, 0.29) is 0 Å². The van der Waals surface area contributed by atoms with Crippen LogP contribution in [0.1, 0.15) is 27.2 Å². The van der Waals surface area contributed by atoms with Gasteiger partial charge in [-0.2, -0.15) is 0 Å². The van der Waals surface area contributed by atoms with Crippen molar-refractivity contribution < 1.29 is 9.53 Å². The molecule has 3 rings (SSSR count). The summed E-state index contributed by atoms with van der Waals surface area (Å²) in [5, 5.41) is 0. The quantitative estimate of drug-likeness (QED) is 0.688. The van der Waals surface area contributed by atoms with E-state index in [2.05, 4.69) is 4.98 Å². The molecule has 0 saturated heterocycles. The maximum atomic E-state index is 10.8. The minimum atomic E-state index is 0.407. The van der Waals surface area contributed by atoms with Gasteiger partial charge in [-0.1, -0.05) is 6.07 Å². The summed E-state index contributed by atoms with van der Waals surface area (Å²) in [5.41, 5.74) is 4.37. The maximum Gasteiger partial charge on any atom is 0.150 e. The Labute approximate surface area is 123 Å². The van der Waals surface area contributed by atoms with Crippen molar-refractivity contribution in [1.29, 1.82) is 0 Å². The molecule has 0 aliphatic carbocycles. The van der Waals surface area contributed by atoms with Crippen LogP contribution in [0.25, 0.3) is 5.65 Å². The van der Waals surface area contributed by atoms with Gasteiger partial charge in [0.25, 0.3) is 0 Å². The normalized spacial score (nSPS) is 10.8. The lowest BCUT2D eigenvalue weighted by molar-refractivity contribution is 0.112. The summed E-state index contributed by atoms with van der Waals surface area (Å²) in [7, 11) is 0. The Kier molecular flexibility index (Phi) is 3.44. The second-order valence-electron chi connectivity index (χ2n) is 5.09. The van der Waals surface area contributed by atoms with Crippen LogP contribution in [0.15, 0.2) is 42.7 Å². The predicted molar refractivity (Wildman–Crippen MR) is 80.8 cm³/mol. The molecule has 0 N–H and O–H groups in total. The second kappa shape index (κ2) is 5.40. The number of carbonyl (C=O) groups is 1. The van der Waals surface area contributed by atoms with Crippen LogP contribution in [0.3, 0.4) is 0 Å².